The van der Waals surface area contributed by atoms with Gasteiger partial charge in [-0.05, 0) is 97.1 Å². The number of nitrogens with zero attached hydrogens (tertiary/aromatic N) is 3. The Bertz CT molecular complexity index is 2060. The van der Waals surface area contributed by atoms with Gasteiger partial charge in [0.15, 0.2) is 0 Å². The second-order valence-electron chi connectivity index (χ2n) is 17.1. The minimum atomic E-state index is -3.92. The maximum absolute atomic E-state index is 14.8. The summed E-state index contributed by atoms with van der Waals surface area (Å²) in [5.74, 6) is -2.54. The molecule has 0 unspecified atom stereocenters. The SMILES string of the molecule is CC(C)n1nc(O[C@@H]2C[C@H]3C(=O)N[C@]4(C(=O)NS(=O)(=O)C5CC5)C[C@H]4/C=C\CC[C@@H](C)C[C@@H](C)[C@H](NC(=O)OC(C)(C)C)C(=O)N3C2)c2ccccc2c1=O.[HH].[HH].[HH]. The van der Waals surface area contributed by atoms with Crippen molar-refractivity contribution in [2.24, 2.45) is 17.8 Å². The topological polar surface area (TPSA) is 195 Å². The molecule has 3 heterocycles. The number of sulfonamides is 1. The van der Waals surface area contributed by atoms with Gasteiger partial charge in [-0.25, -0.2) is 17.9 Å². The van der Waals surface area contributed by atoms with Crippen LogP contribution in [-0.2, 0) is 29.1 Å². The van der Waals surface area contributed by atoms with E-state index < -0.39 is 74.3 Å². The Morgan fingerprint density at radius 3 is 2.40 bits per heavy atom. The van der Waals surface area contributed by atoms with Gasteiger partial charge in [0.05, 0.1) is 28.6 Å². The number of carbonyl (C=O) groups is 4. The molecule has 1 aromatic heterocycles. The summed E-state index contributed by atoms with van der Waals surface area (Å²) in [6.45, 7) is 12.7. The molecule has 4 amide bonds. The summed E-state index contributed by atoms with van der Waals surface area (Å²) in [5.41, 5.74) is -2.66. The highest BCUT2D eigenvalue weighted by Gasteiger charge is 2.62. The van der Waals surface area contributed by atoms with Crippen LogP contribution >= 0.6 is 0 Å². The van der Waals surface area contributed by atoms with Crippen LogP contribution in [0.3, 0.4) is 0 Å². The number of benzene rings is 1. The molecule has 15 nitrogen and oxygen atoms in total. The van der Waals surface area contributed by atoms with Crippen molar-refractivity contribution >= 4 is 44.6 Å². The summed E-state index contributed by atoms with van der Waals surface area (Å²) >= 11 is 0. The number of nitrogens with one attached hydrogen (secondary N) is 3. The molecule has 0 spiro atoms. The maximum atomic E-state index is 14.8. The lowest BCUT2D eigenvalue weighted by Gasteiger charge is -2.33. The van der Waals surface area contributed by atoms with Gasteiger partial charge in [0.2, 0.25) is 27.7 Å². The standard InChI is InChI=1S/C39H54N6O9S.3H2/c1-22(2)45-34(47)29-15-11-10-14-28(29)33(42-45)53-26-19-30-32(46)41-39(36(49)43-55(51,52)27-16-17-27)20-25(39)13-9-8-12-23(3)18-24(4)31(35(48)44(30)21-26)40-37(50)54-38(5,6)7;;;/h9-11,13-15,22-27,30-31H,8,12,16-21H2,1-7H3,(H,40,50)(H,41,46)(H,43,49);3*1H/b13-9-;;;/t23-,24-,25-,26-,30+,31+,39-;;;/m1.../s1. The second-order valence-corrected chi connectivity index (χ2v) is 19.0. The minimum Gasteiger partial charge on any atom is -0.471 e. The zero-order valence-corrected chi connectivity index (χ0v) is 33.5. The Morgan fingerprint density at radius 1 is 1.05 bits per heavy atom. The van der Waals surface area contributed by atoms with Gasteiger partial charge in [-0.1, -0.05) is 38.1 Å². The molecular weight excluding hydrogens is 729 g/mol. The van der Waals surface area contributed by atoms with Crippen LogP contribution in [0, 0.1) is 17.8 Å². The third-order valence-corrected chi connectivity index (χ3v) is 12.7. The van der Waals surface area contributed by atoms with E-state index in [0.29, 0.717) is 36.5 Å². The van der Waals surface area contributed by atoms with E-state index in [4.69, 9.17) is 9.47 Å². The van der Waals surface area contributed by atoms with Gasteiger partial charge in [0.25, 0.3) is 11.5 Å². The van der Waals surface area contributed by atoms with E-state index in [1.165, 1.54) is 9.58 Å². The normalized spacial score (nSPS) is 29.6. The van der Waals surface area contributed by atoms with E-state index in [1.54, 1.807) is 45.0 Å². The van der Waals surface area contributed by atoms with E-state index >= 15 is 0 Å². The van der Waals surface area contributed by atoms with Crippen molar-refractivity contribution in [2.45, 2.75) is 134 Å². The van der Waals surface area contributed by atoms with Gasteiger partial charge in [0.1, 0.15) is 29.3 Å². The van der Waals surface area contributed by atoms with E-state index in [0.717, 1.165) is 6.42 Å². The Hall–Kier alpha value is -4.47. The average Bonchev–Trinajstić information content (AvgIpc) is 4.02. The lowest BCUT2D eigenvalue weighted by Crippen LogP contribution is -2.59. The monoisotopic (exact) mass is 788 g/mol. The van der Waals surface area contributed by atoms with Crippen LogP contribution in [0.1, 0.15) is 104 Å². The molecule has 0 bridgehead atoms. The third-order valence-electron chi connectivity index (χ3n) is 10.9. The quantitative estimate of drug-likeness (QED) is 0.338. The summed E-state index contributed by atoms with van der Waals surface area (Å²) in [4.78, 5) is 70.9. The van der Waals surface area contributed by atoms with Crippen molar-refractivity contribution < 1.29 is 41.3 Å². The largest absolute Gasteiger partial charge is 0.471 e. The third kappa shape index (κ3) is 8.84. The van der Waals surface area contributed by atoms with E-state index in [9.17, 15) is 32.4 Å². The highest BCUT2D eigenvalue weighted by molar-refractivity contribution is 7.91. The number of hydrogen-bond acceptors (Lipinski definition) is 10. The smallest absolute Gasteiger partial charge is 0.408 e. The molecule has 2 aliphatic carbocycles. The molecule has 55 heavy (non-hydrogen) atoms. The summed E-state index contributed by atoms with van der Waals surface area (Å²) in [5, 5.41) is 10.4. The Morgan fingerprint density at radius 2 is 1.75 bits per heavy atom. The average molecular weight is 789 g/mol. The number of hydrogen-bond donors (Lipinski definition) is 3. The number of carbonyl (C=O) groups excluding carboxylic acids is 4. The van der Waals surface area contributed by atoms with Crippen LogP contribution in [0.15, 0.2) is 41.2 Å². The molecule has 2 aliphatic heterocycles. The highest BCUT2D eigenvalue weighted by atomic mass is 32.2. The molecule has 2 aromatic rings. The van der Waals surface area contributed by atoms with Crippen LogP contribution in [0.25, 0.3) is 10.8 Å². The number of alkyl carbamates (subject to hydrolysis) is 1. The summed E-state index contributed by atoms with van der Waals surface area (Å²) in [6, 6.07) is 4.37. The van der Waals surface area contributed by atoms with Crippen molar-refractivity contribution in [3.63, 3.8) is 0 Å². The number of allylic oxidation sites excluding steroid dienone is 1. The molecule has 0 radical (unpaired) electrons. The number of amides is 4. The predicted molar refractivity (Wildman–Crippen MR) is 211 cm³/mol. The molecule has 4 aliphatic rings. The molecule has 7 atom stereocenters. The summed E-state index contributed by atoms with van der Waals surface area (Å²) < 4.78 is 41.4. The second kappa shape index (κ2) is 15.2. The lowest BCUT2D eigenvalue weighted by atomic mass is 9.88. The molecular formula is C39H60N6O9S. The molecule has 1 aromatic carbocycles. The van der Waals surface area contributed by atoms with Gasteiger partial charge < -0.3 is 25.0 Å². The van der Waals surface area contributed by atoms with Crippen LogP contribution in [0.2, 0.25) is 0 Å². The zero-order chi connectivity index (χ0) is 40.0. The Kier molecular flexibility index (Phi) is 11.1. The van der Waals surface area contributed by atoms with Crippen LogP contribution < -0.4 is 25.7 Å². The molecule has 16 heteroatoms. The van der Waals surface area contributed by atoms with Crippen molar-refractivity contribution in [1.82, 2.24) is 30.0 Å². The minimum absolute atomic E-state index is 0. The van der Waals surface area contributed by atoms with Crippen molar-refractivity contribution in [2.75, 3.05) is 6.54 Å². The fraction of sp³-hybridized carbons (Fsp3) is 0.641. The van der Waals surface area contributed by atoms with Crippen LogP contribution in [-0.4, -0.2) is 88.0 Å². The van der Waals surface area contributed by atoms with Crippen molar-refractivity contribution in [3.05, 3.63) is 46.8 Å². The number of ether oxygens (including phenoxy) is 2. The molecule has 6 rings (SSSR count). The fourth-order valence-electron chi connectivity index (χ4n) is 7.70. The molecule has 2 saturated carbocycles. The van der Waals surface area contributed by atoms with E-state index in [2.05, 4.69) is 27.4 Å². The first-order valence-corrected chi connectivity index (χ1v) is 20.9. The van der Waals surface area contributed by atoms with Gasteiger partial charge in [0, 0.05) is 16.6 Å². The summed E-state index contributed by atoms with van der Waals surface area (Å²) in [7, 11) is -3.92. The van der Waals surface area contributed by atoms with Crippen molar-refractivity contribution in [1.29, 1.82) is 0 Å². The van der Waals surface area contributed by atoms with Gasteiger partial charge >= 0.3 is 6.09 Å². The first-order valence-electron chi connectivity index (χ1n) is 19.3. The van der Waals surface area contributed by atoms with Gasteiger partial charge in [-0.15, -0.1) is 5.10 Å². The molecule has 3 N–H and O–H groups in total. The number of rotatable bonds is 7. The number of aromatic nitrogens is 2. The fourth-order valence-corrected chi connectivity index (χ4v) is 9.07. The first kappa shape index (κ1) is 40.2. The number of fused-ring (bicyclic) bond motifs is 3. The van der Waals surface area contributed by atoms with Gasteiger partial charge in [-0.2, -0.15) is 0 Å². The van der Waals surface area contributed by atoms with Crippen molar-refractivity contribution in [3.8, 4) is 5.88 Å². The van der Waals surface area contributed by atoms with E-state index in [1.807, 2.05) is 32.9 Å². The molecule has 306 valence electrons. The first-order chi connectivity index (χ1) is 25.8. The van der Waals surface area contributed by atoms with E-state index in [-0.39, 0.29) is 53.0 Å². The Labute approximate surface area is 326 Å². The van der Waals surface area contributed by atoms with Crippen LogP contribution in [0.5, 0.6) is 5.88 Å². The lowest BCUT2D eigenvalue weighted by molar-refractivity contribution is -0.142. The highest BCUT2D eigenvalue weighted by Crippen LogP contribution is 2.46. The van der Waals surface area contributed by atoms with Crippen LogP contribution in [0.4, 0.5) is 4.79 Å². The molecule has 3 fully saturated rings. The summed E-state index contributed by atoms with van der Waals surface area (Å²) in [6.07, 6.45) is 5.31. The zero-order valence-electron chi connectivity index (χ0n) is 32.7. The molecule has 1 saturated heterocycles. The maximum Gasteiger partial charge on any atom is 0.408 e. The predicted octanol–water partition coefficient (Wildman–Crippen LogP) is 4.45. The Balaban J connectivity index is 0.00000300. The van der Waals surface area contributed by atoms with Gasteiger partial charge in [-0.3, -0.25) is 23.9 Å².